The summed E-state index contributed by atoms with van der Waals surface area (Å²) in [5.74, 6) is 0.815. The van der Waals surface area contributed by atoms with Crippen molar-refractivity contribution >= 4 is 0 Å². The summed E-state index contributed by atoms with van der Waals surface area (Å²) in [5, 5.41) is 8.68. The van der Waals surface area contributed by atoms with E-state index in [0.717, 1.165) is 25.4 Å². The third kappa shape index (κ3) is 5.67. The van der Waals surface area contributed by atoms with Crippen LogP contribution in [0.4, 0.5) is 0 Å². The molecule has 0 atom stereocenters. The minimum atomic E-state index is 0.658. The van der Waals surface area contributed by atoms with Gasteiger partial charge in [-0.3, -0.25) is 0 Å². The smallest absolute Gasteiger partial charge is 0.119 e. The second kappa shape index (κ2) is 7.70. The third-order valence-electron chi connectivity index (χ3n) is 2.65. The summed E-state index contributed by atoms with van der Waals surface area (Å²) < 4.78 is 5.62. The Morgan fingerprint density at radius 2 is 1.72 bits per heavy atom. The summed E-state index contributed by atoms with van der Waals surface area (Å²) in [5.41, 5.74) is 0.658. The SMILES string of the molecule is CN(C)CCN(C)CCOc1ccc(C#N)cc1. The Labute approximate surface area is 109 Å². The van der Waals surface area contributed by atoms with E-state index >= 15 is 0 Å². The lowest BCUT2D eigenvalue weighted by Crippen LogP contribution is -2.31. The lowest BCUT2D eigenvalue weighted by molar-refractivity contribution is 0.222. The van der Waals surface area contributed by atoms with Gasteiger partial charge in [-0.15, -0.1) is 0 Å². The van der Waals surface area contributed by atoms with Gasteiger partial charge in [-0.1, -0.05) is 0 Å². The summed E-state index contributed by atoms with van der Waals surface area (Å²) in [7, 11) is 6.23. The number of rotatable bonds is 7. The Balaban J connectivity index is 2.22. The number of nitrogens with zero attached hydrogens (tertiary/aromatic N) is 3. The van der Waals surface area contributed by atoms with Gasteiger partial charge >= 0.3 is 0 Å². The van der Waals surface area contributed by atoms with E-state index < -0.39 is 0 Å². The minimum absolute atomic E-state index is 0.658. The first-order valence-corrected chi connectivity index (χ1v) is 6.08. The van der Waals surface area contributed by atoms with Crippen LogP contribution in [0.2, 0.25) is 0 Å². The first-order valence-electron chi connectivity index (χ1n) is 6.08. The highest BCUT2D eigenvalue weighted by atomic mass is 16.5. The van der Waals surface area contributed by atoms with E-state index in [0.29, 0.717) is 12.2 Å². The van der Waals surface area contributed by atoms with Crippen molar-refractivity contribution in [2.75, 3.05) is 47.4 Å². The molecule has 0 N–H and O–H groups in total. The zero-order valence-electron chi connectivity index (χ0n) is 11.4. The summed E-state index contributed by atoms with van der Waals surface area (Å²) >= 11 is 0. The predicted molar refractivity (Wildman–Crippen MR) is 72.7 cm³/mol. The van der Waals surface area contributed by atoms with Gasteiger partial charge in [0, 0.05) is 19.6 Å². The lowest BCUT2D eigenvalue weighted by Gasteiger charge is -2.19. The van der Waals surface area contributed by atoms with Gasteiger partial charge in [-0.2, -0.15) is 5.26 Å². The lowest BCUT2D eigenvalue weighted by atomic mass is 10.2. The molecule has 0 aliphatic carbocycles. The Kier molecular flexibility index (Phi) is 6.20. The van der Waals surface area contributed by atoms with Crippen molar-refractivity contribution in [3.8, 4) is 11.8 Å². The number of hydrogen-bond acceptors (Lipinski definition) is 4. The number of hydrogen-bond donors (Lipinski definition) is 0. The summed E-state index contributed by atoms with van der Waals surface area (Å²) in [6.07, 6.45) is 0. The normalized spacial score (nSPS) is 10.7. The van der Waals surface area contributed by atoms with Crippen LogP contribution in [0.1, 0.15) is 5.56 Å². The molecule has 0 saturated carbocycles. The molecule has 4 nitrogen and oxygen atoms in total. The zero-order valence-corrected chi connectivity index (χ0v) is 11.4. The van der Waals surface area contributed by atoms with Crippen LogP contribution in [-0.4, -0.2) is 57.2 Å². The quantitative estimate of drug-likeness (QED) is 0.731. The van der Waals surface area contributed by atoms with Crippen LogP contribution in [0.15, 0.2) is 24.3 Å². The molecule has 1 aromatic carbocycles. The van der Waals surface area contributed by atoms with Gasteiger partial charge < -0.3 is 14.5 Å². The topological polar surface area (TPSA) is 39.5 Å². The molecule has 0 amide bonds. The molecule has 0 aromatic heterocycles. The zero-order chi connectivity index (χ0) is 13.4. The van der Waals surface area contributed by atoms with Crippen LogP contribution >= 0.6 is 0 Å². The standard InChI is InChI=1S/C14H21N3O/c1-16(2)8-9-17(3)10-11-18-14-6-4-13(12-15)5-7-14/h4-7H,8-11H2,1-3H3. The van der Waals surface area contributed by atoms with Crippen molar-refractivity contribution in [3.05, 3.63) is 29.8 Å². The van der Waals surface area contributed by atoms with E-state index in [2.05, 4.69) is 37.0 Å². The van der Waals surface area contributed by atoms with Gasteiger partial charge in [0.1, 0.15) is 12.4 Å². The van der Waals surface area contributed by atoms with E-state index in [4.69, 9.17) is 10.00 Å². The van der Waals surface area contributed by atoms with E-state index in [1.807, 2.05) is 12.1 Å². The Morgan fingerprint density at radius 3 is 2.28 bits per heavy atom. The third-order valence-corrected chi connectivity index (χ3v) is 2.65. The van der Waals surface area contributed by atoms with Crippen molar-refractivity contribution in [2.24, 2.45) is 0 Å². The highest BCUT2D eigenvalue weighted by Gasteiger charge is 2.00. The summed E-state index contributed by atoms with van der Waals surface area (Å²) in [6.45, 7) is 3.64. The Morgan fingerprint density at radius 1 is 1.06 bits per heavy atom. The van der Waals surface area contributed by atoms with Gasteiger partial charge in [-0.05, 0) is 45.4 Å². The van der Waals surface area contributed by atoms with Crippen molar-refractivity contribution in [2.45, 2.75) is 0 Å². The molecule has 0 spiro atoms. The number of nitriles is 1. The fraction of sp³-hybridized carbons (Fsp3) is 0.500. The van der Waals surface area contributed by atoms with Gasteiger partial charge in [0.25, 0.3) is 0 Å². The van der Waals surface area contributed by atoms with Crippen LogP contribution in [-0.2, 0) is 0 Å². The number of likely N-dealkylation sites (N-methyl/N-ethyl adjacent to an activating group) is 2. The molecule has 0 radical (unpaired) electrons. The van der Waals surface area contributed by atoms with Crippen molar-refractivity contribution < 1.29 is 4.74 Å². The summed E-state index contributed by atoms with van der Waals surface area (Å²) in [6, 6.07) is 9.29. The number of ether oxygens (including phenoxy) is 1. The largest absolute Gasteiger partial charge is 0.492 e. The van der Waals surface area contributed by atoms with Crippen molar-refractivity contribution in [1.29, 1.82) is 5.26 Å². The molecule has 0 fully saturated rings. The molecule has 0 aliphatic heterocycles. The molecule has 18 heavy (non-hydrogen) atoms. The molecule has 1 rings (SSSR count). The first-order chi connectivity index (χ1) is 8.61. The molecule has 0 aliphatic rings. The van der Waals surface area contributed by atoms with Crippen LogP contribution < -0.4 is 4.74 Å². The Bertz CT molecular complexity index is 381. The van der Waals surface area contributed by atoms with Crippen LogP contribution in [0.3, 0.4) is 0 Å². The average Bonchev–Trinajstić information content (AvgIpc) is 2.37. The molecular formula is C14H21N3O. The predicted octanol–water partition coefficient (Wildman–Crippen LogP) is 1.43. The second-order valence-corrected chi connectivity index (χ2v) is 4.59. The van der Waals surface area contributed by atoms with Crippen LogP contribution in [0, 0.1) is 11.3 Å². The molecule has 4 heteroatoms. The van der Waals surface area contributed by atoms with Gasteiger partial charge in [0.15, 0.2) is 0 Å². The molecule has 0 bridgehead atoms. The maximum Gasteiger partial charge on any atom is 0.119 e. The van der Waals surface area contributed by atoms with Gasteiger partial charge in [0.05, 0.1) is 11.6 Å². The fourth-order valence-electron chi connectivity index (χ4n) is 1.43. The average molecular weight is 247 g/mol. The van der Waals surface area contributed by atoms with Crippen molar-refractivity contribution in [3.63, 3.8) is 0 Å². The van der Waals surface area contributed by atoms with E-state index in [-0.39, 0.29) is 0 Å². The van der Waals surface area contributed by atoms with Gasteiger partial charge in [0.2, 0.25) is 0 Å². The van der Waals surface area contributed by atoms with Crippen LogP contribution in [0.25, 0.3) is 0 Å². The minimum Gasteiger partial charge on any atom is -0.492 e. The monoisotopic (exact) mass is 247 g/mol. The molecular weight excluding hydrogens is 226 g/mol. The maximum atomic E-state index is 8.68. The first kappa shape index (κ1) is 14.5. The van der Waals surface area contributed by atoms with E-state index in [1.54, 1.807) is 12.1 Å². The number of benzene rings is 1. The molecule has 0 heterocycles. The maximum absolute atomic E-state index is 8.68. The highest BCUT2D eigenvalue weighted by Crippen LogP contribution is 2.11. The summed E-state index contributed by atoms with van der Waals surface area (Å²) in [4.78, 5) is 4.40. The molecule has 1 aromatic rings. The van der Waals surface area contributed by atoms with E-state index in [9.17, 15) is 0 Å². The second-order valence-electron chi connectivity index (χ2n) is 4.59. The van der Waals surface area contributed by atoms with E-state index in [1.165, 1.54) is 0 Å². The molecule has 0 unspecified atom stereocenters. The van der Waals surface area contributed by atoms with Gasteiger partial charge in [-0.25, -0.2) is 0 Å². The Hall–Kier alpha value is -1.57. The van der Waals surface area contributed by atoms with Crippen molar-refractivity contribution in [1.82, 2.24) is 9.80 Å². The fourth-order valence-corrected chi connectivity index (χ4v) is 1.43. The van der Waals surface area contributed by atoms with Crippen LogP contribution in [0.5, 0.6) is 5.75 Å². The highest BCUT2D eigenvalue weighted by molar-refractivity contribution is 5.34. The molecule has 0 saturated heterocycles. The molecule has 98 valence electrons.